The highest BCUT2D eigenvalue weighted by Crippen LogP contribution is 2.30. The van der Waals surface area contributed by atoms with Crippen LogP contribution in [0.1, 0.15) is 0 Å². The Morgan fingerprint density at radius 1 is 1.06 bits per heavy atom. The first kappa shape index (κ1) is 13.1. The number of primary sulfonamides is 1. The third kappa shape index (κ3) is 2.55. The predicted molar refractivity (Wildman–Crippen MR) is 75.4 cm³/mol. The van der Waals surface area contributed by atoms with Gasteiger partial charge in [-0.2, -0.15) is 0 Å². The first-order valence-electron chi connectivity index (χ1n) is 5.07. The molecule has 2 aromatic carbocycles. The van der Waals surface area contributed by atoms with E-state index in [9.17, 15) is 8.42 Å². The van der Waals surface area contributed by atoms with Gasteiger partial charge in [-0.3, -0.25) is 0 Å². The van der Waals surface area contributed by atoms with Crippen molar-refractivity contribution in [3.63, 3.8) is 0 Å². The van der Waals surface area contributed by atoms with Gasteiger partial charge in [0, 0.05) is 15.7 Å². The van der Waals surface area contributed by atoms with Crippen LogP contribution in [0.2, 0.25) is 0 Å². The Morgan fingerprint density at radius 3 is 2.33 bits per heavy atom. The zero-order valence-electron chi connectivity index (χ0n) is 9.30. The van der Waals surface area contributed by atoms with Gasteiger partial charge in [-0.25, -0.2) is 13.6 Å². The Labute approximate surface area is 114 Å². The molecule has 0 aromatic heterocycles. The van der Waals surface area contributed by atoms with E-state index in [0.717, 1.165) is 5.56 Å². The lowest BCUT2D eigenvalue weighted by atomic mass is 10.1. The van der Waals surface area contributed by atoms with Crippen LogP contribution in [0.5, 0.6) is 0 Å². The molecule has 2 rings (SSSR count). The fraction of sp³-hybridized carbons (Fsp3) is 0. The summed E-state index contributed by atoms with van der Waals surface area (Å²) in [6.45, 7) is 0. The molecule has 0 aliphatic carbocycles. The summed E-state index contributed by atoms with van der Waals surface area (Å²) in [5, 5.41) is 5.20. The van der Waals surface area contributed by atoms with Crippen LogP contribution in [-0.2, 0) is 10.0 Å². The lowest BCUT2D eigenvalue weighted by Crippen LogP contribution is -2.13. The van der Waals surface area contributed by atoms with Crippen molar-refractivity contribution in [1.82, 2.24) is 0 Å². The Morgan fingerprint density at radius 2 is 1.72 bits per heavy atom. The topological polar surface area (TPSA) is 86.2 Å². The van der Waals surface area contributed by atoms with Crippen LogP contribution in [0.3, 0.4) is 0 Å². The maximum atomic E-state index is 11.5. The van der Waals surface area contributed by atoms with Gasteiger partial charge in [0.25, 0.3) is 0 Å². The van der Waals surface area contributed by atoms with Gasteiger partial charge < -0.3 is 5.73 Å². The molecule has 0 heterocycles. The Balaban J connectivity index is 2.68. The molecule has 2 aromatic rings. The summed E-state index contributed by atoms with van der Waals surface area (Å²) in [5.41, 5.74) is 7.58. The summed E-state index contributed by atoms with van der Waals surface area (Å²) in [5.74, 6) is 0. The molecule has 0 atom stereocenters. The highest BCUT2D eigenvalue weighted by Gasteiger charge is 2.14. The number of hydrogen-bond acceptors (Lipinski definition) is 3. The first-order chi connectivity index (χ1) is 8.39. The van der Waals surface area contributed by atoms with Crippen molar-refractivity contribution >= 4 is 31.6 Å². The summed E-state index contributed by atoms with van der Waals surface area (Å²) in [6, 6.07) is 11.8. The lowest BCUT2D eigenvalue weighted by Gasteiger charge is -2.09. The molecule has 0 saturated heterocycles. The van der Waals surface area contributed by atoms with Crippen LogP contribution in [0.15, 0.2) is 51.8 Å². The molecule has 18 heavy (non-hydrogen) atoms. The van der Waals surface area contributed by atoms with Crippen molar-refractivity contribution in [2.24, 2.45) is 5.14 Å². The zero-order valence-corrected chi connectivity index (χ0v) is 11.7. The third-order valence-corrected chi connectivity index (χ3v) is 4.16. The van der Waals surface area contributed by atoms with E-state index in [2.05, 4.69) is 15.9 Å². The normalized spacial score (nSPS) is 11.4. The molecule has 0 aliphatic heterocycles. The second kappa shape index (κ2) is 4.72. The SMILES string of the molecule is Nc1ccc(-c2ccccc2S(N)(=O)=O)cc1Br. The number of rotatable bonds is 2. The van der Waals surface area contributed by atoms with Crippen molar-refractivity contribution in [2.75, 3.05) is 5.73 Å². The van der Waals surface area contributed by atoms with E-state index in [-0.39, 0.29) is 4.90 Å². The predicted octanol–water partition coefficient (Wildman–Crippen LogP) is 2.35. The Bertz CT molecular complexity index is 699. The second-order valence-corrected chi connectivity index (χ2v) is 6.16. The maximum absolute atomic E-state index is 11.5. The molecule has 4 N–H and O–H groups in total. The fourth-order valence-corrected chi connectivity index (χ4v) is 2.79. The molecule has 0 amide bonds. The van der Waals surface area contributed by atoms with Crippen molar-refractivity contribution in [2.45, 2.75) is 4.90 Å². The molecule has 0 spiro atoms. The molecule has 0 fully saturated rings. The number of halogens is 1. The monoisotopic (exact) mass is 326 g/mol. The molecule has 94 valence electrons. The smallest absolute Gasteiger partial charge is 0.238 e. The molecule has 4 nitrogen and oxygen atoms in total. The minimum atomic E-state index is -3.75. The standard InChI is InChI=1S/C12H11BrN2O2S/c13-10-7-8(5-6-11(10)14)9-3-1-2-4-12(9)18(15,16)17/h1-7H,14H2,(H2,15,16,17). The largest absolute Gasteiger partial charge is 0.398 e. The van der Waals surface area contributed by atoms with Crippen LogP contribution >= 0.6 is 15.9 Å². The highest BCUT2D eigenvalue weighted by atomic mass is 79.9. The van der Waals surface area contributed by atoms with Gasteiger partial charge >= 0.3 is 0 Å². The van der Waals surface area contributed by atoms with Crippen LogP contribution < -0.4 is 10.9 Å². The van der Waals surface area contributed by atoms with Gasteiger partial charge in [-0.1, -0.05) is 24.3 Å². The quantitative estimate of drug-likeness (QED) is 0.830. The van der Waals surface area contributed by atoms with Gasteiger partial charge in [-0.05, 0) is 39.7 Å². The van der Waals surface area contributed by atoms with E-state index >= 15 is 0 Å². The second-order valence-electron chi connectivity index (χ2n) is 3.78. The third-order valence-electron chi connectivity index (χ3n) is 2.51. The van der Waals surface area contributed by atoms with E-state index in [0.29, 0.717) is 15.7 Å². The molecule has 0 saturated carbocycles. The number of benzene rings is 2. The van der Waals surface area contributed by atoms with Crippen molar-refractivity contribution in [1.29, 1.82) is 0 Å². The molecular weight excluding hydrogens is 316 g/mol. The minimum Gasteiger partial charge on any atom is -0.398 e. The van der Waals surface area contributed by atoms with Crippen molar-refractivity contribution in [3.05, 3.63) is 46.9 Å². The van der Waals surface area contributed by atoms with Crippen molar-refractivity contribution in [3.8, 4) is 11.1 Å². The molecule has 0 bridgehead atoms. The van der Waals surface area contributed by atoms with Crippen molar-refractivity contribution < 1.29 is 8.42 Å². The fourth-order valence-electron chi connectivity index (χ4n) is 1.65. The van der Waals surface area contributed by atoms with E-state index in [1.54, 1.807) is 36.4 Å². The van der Waals surface area contributed by atoms with Gasteiger partial charge in [0.1, 0.15) is 0 Å². The van der Waals surface area contributed by atoms with Crippen LogP contribution in [0.4, 0.5) is 5.69 Å². The minimum absolute atomic E-state index is 0.0988. The molecule has 6 heteroatoms. The molecule has 0 unspecified atom stereocenters. The van der Waals surface area contributed by atoms with E-state index < -0.39 is 10.0 Å². The number of anilines is 1. The molecular formula is C12H11BrN2O2S. The van der Waals surface area contributed by atoms with Crippen LogP contribution in [0.25, 0.3) is 11.1 Å². The van der Waals surface area contributed by atoms with Gasteiger partial charge in [0.15, 0.2) is 0 Å². The number of nitrogen functional groups attached to an aromatic ring is 1. The Kier molecular flexibility index (Phi) is 3.43. The summed E-state index contributed by atoms with van der Waals surface area (Å²) in [4.78, 5) is 0.0988. The number of sulfonamides is 1. The Hall–Kier alpha value is -1.37. The van der Waals surface area contributed by atoms with Crippen LogP contribution in [-0.4, -0.2) is 8.42 Å². The lowest BCUT2D eigenvalue weighted by molar-refractivity contribution is 0.598. The first-order valence-corrected chi connectivity index (χ1v) is 7.41. The zero-order chi connectivity index (χ0) is 13.3. The number of hydrogen-bond donors (Lipinski definition) is 2. The highest BCUT2D eigenvalue weighted by molar-refractivity contribution is 9.10. The van der Waals surface area contributed by atoms with Gasteiger partial charge in [0.2, 0.25) is 10.0 Å². The summed E-state index contributed by atoms with van der Waals surface area (Å²) in [6.07, 6.45) is 0. The summed E-state index contributed by atoms with van der Waals surface area (Å²) in [7, 11) is -3.75. The maximum Gasteiger partial charge on any atom is 0.238 e. The number of nitrogens with two attached hydrogens (primary N) is 2. The van der Waals surface area contributed by atoms with Gasteiger partial charge in [-0.15, -0.1) is 0 Å². The van der Waals surface area contributed by atoms with Gasteiger partial charge in [0.05, 0.1) is 4.90 Å². The van der Waals surface area contributed by atoms with E-state index in [1.165, 1.54) is 6.07 Å². The molecule has 0 radical (unpaired) electrons. The average Bonchev–Trinajstić information content (AvgIpc) is 2.32. The van der Waals surface area contributed by atoms with E-state index in [1.807, 2.05) is 0 Å². The average molecular weight is 327 g/mol. The van der Waals surface area contributed by atoms with Crippen LogP contribution in [0, 0.1) is 0 Å². The summed E-state index contributed by atoms with van der Waals surface area (Å²) < 4.78 is 23.8. The molecule has 0 aliphatic rings. The van der Waals surface area contributed by atoms with E-state index in [4.69, 9.17) is 10.9 Å². The summed E-state index contributed by atoms with van der Waals surface area (Å²) >= 11 is 3.31.